The van der Waals surface area contributed by atoms with Gasteiger partial charge in [-0.3, -0.25) is 0 Å². The molecule has 0 aliphatic heterocycles. The van der Waals surface area contributed by atoms with E-state index in [2.05, 4.69) is 4.72 Å². The van der Waals surface area contributed by atoms with Crippen LogP contribution in [0.3, 0.4) is 0 Å². The van der Waals surface area contributed by atoms with Crippen molar-refractivity contribution in [1.82, 2.24) is 4.72 Å². The highest BCUT2D eigenvalue weighted by Gasteiger charge is 2.19. The zero-order valence-electron chi connectivity index (χ0n) is 9.75. The van der Waals surface area contributed by atoms with E-state index < -0.39 is 10.0 Å². The lowest BCUT2D eigenvalue weighted by Crippen LogP contribution is -2.37. The molecule has 0 aromatic heterocycles. The molecule has 0 spiro atoms. The van der Waals surface area contributed by atoms with E-state index in [4.69, 9.17) is 11.6 Å². The molecule has 0 amide bonds. The lowest BCUT2D eigenvalue weighted by Gasteiger charge is -2.22. The minimum atomic E-state index is -3.05. The molecule has 96 valence electrons. The van der Waals surface area contributed by atoms with Crippen LogP contribution in [0.25, 0.3) is 0 Å². The van der Waals surface area contributed by atoms with Crippen LogP contribution in [0.1, 0.15) is 51.4 Å². The van der Waals surface area contributed by atoms with Crippen molar-refractivity contribution in [2.24, 2.45) is 0 Å². The third-order valence-electron chi connectivity index (χ3n) is 3.00. The second-order valence-corrected chi connectivity index (χ2v) is 6.77. The minimum absolute atomic E-state index is 0.187. The minimum Gasteiger partial charge on any atom is -0.212 e. The van der Waals surface area contributed by atoms with Crippen LogP contribution in [0, 0.1) is 0 Å². The molecule has 1 aliphatic carbocycles. The van der Waals surface area contributed by atoms with Crippen molar-refractivity contribution in [3.8, 4) is 0 Å². The highest BCUT2D eigenvalue weighted by molar-refractivity contribution is 7.89. The maximum absolute atomic E-state index is 11.7. The SMILES string of the molecule is O=S(=O)(CCCCCCl)NC1CCCCC1. The van der Waals surface area contributed by atoms with Gasteiger partial charge in [-0.2, -0.15) is 0 Å². The van der Waals surface area contributed by atoms with Gasteiger partial charge in [0, 0.05) is 11.9 Å². The second kappa shape index (κ2) is 7.51. The number of hydrogen-bond acceptors (Lipinski definition) is 2. The molecular formula is C11H22ClNO2S. The van der Waals surface area contributed by atoms with Gasteiger partial charge in [-0.1, -0.05) is 25.7 Å². The largest absolute Gasteiger partial charge is 0.212 e. The van der Waals surface area contributed by atoms with Crippen LogP contribution in [0.4, 0.5) is 0 Å². The first-order valence-electron chi connectivity index (χ1n) is 6.20. The van der Waals surface area contributed by atoms with Gasteiger partial charge in [-0.25, -0.2) is 13.1 Å². The number of sulfonamides is 1. The maximum atomic E-state index is 11.7. The van der Waals surface area contributed by atoms with E-state index in [1.165, 1.54) is 6.42 Å². The van der Waals surface area contributed by atoms with Crippen LogP contribution in [0.2, 0.25) is 0 Å². The Kier molecular flexibility index (Phi) is 6.70. The van der Waals surface area contributed by atoms with Crippen LogP contribution in [-0.4, -0.2) is 26.1 Å². The summed E-state index contributed by atoms with van der Waals surface area (Å²) in [5.74, 6) is 0.872. The maximum Gasteiger partial charge on any atom is 0.211 e. The van der Waals surface area contributed by atoms with E-state index in [1.807, 2.05) is 0 Å². The molecule has 1 saturated carbocycles. The lowest BCUT2D eigenvalue weighted by molar-refractivity contribution is 0.412. The topological polar surface area (TPSA) is 46.2 Å². The molecule has 1 N–H and O–H groups in total. The van der Waals surface area contributed by atoms with Gasteiger partial charge < -0.3 is 0 Å². The van der Waals surface area contributed by atoms with Crippen LogP contribution in [0.15, 0.2) is 0 Å². The molecule has 0 bridgehead atoms. The molecule has 1 rings (SSSR count). The van der Waals surface area contributed by atoms with Crippen molar-refractivity contribution in [2.75, 3.05) is 11.6 Å². The summed E-state index contributed by atoms with van der Waals surface area (Å²) in [5, 5.41) is 0. The van der Waals surface area contributed by atoms with E-state index in [0.29, 0.717) is 5.88 Å². The zero-order valence-corrected chi connectivity index (χ0v) is 11.3. The fourth-order valence-corrected chi connectivity index (χ4v) is 3.73. The zero-order chi connectivity index (χ0) is 11.9. The van der Waals surface area contributed by atoms with Crippen LogP contribution in [0.5, 0.6) is 0 Å². The van der Waals surface area contributed by atoms with Crippen LogP contribution in [-0.2, 0) is 10.0 Å². The van der Waals surface area contributed by atoms with Crippen LogP contribution >= 0.6 is 11.6 Å². The average molecular weight is 268 g/mol. The molecule has 0 saturated heterocycles. The van der Waals surface area contributed by atoms with Gasteiger partial charge in [0.1, 0.15) is 0 Å². The van der Waals surface area contributed by atoms with Gasteiger partial charge in [-0.15, -0.1) is 11.6 Å². The molecule has 0 atom stereocenters. The summed E-state index contributed by atoms with van der Waals surface area (Å²) < 4.78 is 26.2. The molecule has 1 fully saturated rings. The molecule has 0 unspecified atom stereocenters. The first-order valence-corrected chi connectivity index (χ1v) is 8.39. The summed E-state index contributed by atoms with van der Waals surface area (Å²) in [7, 11) is -3.05. The fraction of sp³-hybridized carbons (Fsp3) is 1.00. The summed E-state index contributed by atoms with van der Waals surface area (Å²) in [4.78, 5) is 0. The van der Waals surface area contributed by atoms with Crippen molar-refractivity contribution in [3.63, 3.8) is 0 Å². The van der Waals surface area contributed by atoms with Crippen molar-refractivity contribution >= 4 is 21.6 Å². The molecule has 5 heteroatoms. The van der Waals surface area contributed by atoms with E-state index in [0.717, 1.165) is 44.9 Å². The third kappa shape index (κ3) is 6.06. The second-order valence-electron chi connectivity index (χ2n) is 4.52. The summed E-state index contributed by atoms with van der Waals surface area (Å²) in [6.45, 7) is 0. The first-order chi connectivity index (χ1) is 7.64. The molecule has 0 heterocycles. The Morgan fingerprint density at radius 2 is 1.75 bits per heavy atom. The summed E-state index contributed by atoms with van der Waals surface area (Å²) in [5.41, 5.74) is 0. The third-order valence-corrected chi connectivity index (χ3v) is 4.78. The van der Waals surface area contributed by atoms with Gasteiger partial charge >= 0.3 is 0 Å². The van der Waals surface area contributed by atoms with E-state index in [-0.39, 0.29) is 11.8 Å². The number of rotatable bonds is 7. The molecule has 16 heavy (non-hydrogen) atoms. The van der Waals surface area contributed by atoms with Gasteiger partial charge in [-0.05, 0) is 25.7 Å². The van der Waals surface area contributed by atoms with E-state index in [9.17, 15) is 8.42 Å². The van der Waals surface area contributed by atoms with Crippen molar-refractivity contribution < 1.29 is 8.42 Å². The predicted octanol–water partition coefficient (Wildman–Crippen LogP) is 2.65. The fourth-order valence-electron chi connectivity index (χ4n) is 2.10. The number of nitrogens with one attached hydrogen (secondary N) is 1. The monoisotopic (exact) mass is 267 g/mol. The number of alkyl halides is 1. The Morgan fingerprint density at radius 3 is 2.38 bits per heavy atom. The van der Waals surface area contributed by atoms with E-state index >= 15 is 0 Å². The Morgan fingerprint density at radius 1 is 1.06 bits per heavy atom. The Balaban J connectivity index is 2.22. The van der Waals surface area contributed by atoms with Crippen molar-refractivity contribution in [2.45, 2.75) is 57.4 Å². The van der Waals surface area contributed by atoms with E-state index in [1.54, 1.807) is 0 Å². The van der Waals surface area contributed by atoms with Crippen molar-refractivity contribution in [3.05, 3.63) is 0 Å². The summed E-state index contributed by atoms with van der Waals surface area (Å²) in [6, 6.07) is 0.187. The highest BCUT2D eigenvalue weighted by atomic mass is 35.5. The molecule has 1 aliphatic rings. The predicted molar refractivity (Wildman–Crippen MR) is 68.4 cm³/mol. The summed E-state index contributed by atoms with van der Waals surface area (Å²) in [6.07, 6.45) is 8.07. The highest BCUT2D eigenvalue weighted by Crippen LogP contribution is 2.18. The Hall–Kier alpha value is 0.200. The van der Waals surface area contributed by atoms with Crippen molar-refractivity contribution in [1.29, 1.82) is 0 Å². The van der Waals surface area contributed by atoms with Gasteiger partial charge in [0.2, 0.25) is 10.0 Å². The molecule has 0 aromatic carbocycles. The molecular weight excluding hydrogens is 246 g/mol. The summed E-state index contributed by atoms with van der Waals surface area (Å²) >= 11 is 5.54. The number of unbranched alkanes of at least 4 members (excludes halogenated alkanes) is 2. The quantitative estimate of drug-likeness (QED) is 0.569. The van der Waals surface area contributed by atoms with Gasteiger partial charge in [0.25, 0.3) is 0 Å². The Labute approximate surface area is 104 Å². The smallest absolute Gasteiger partial charge is 0.211 e. The number of halogens is 1. The number of hydrogen-bond donors (Lipinski definition) is 1. The Bertz CT molecular complexity index is 274. The molecule has 0 radical (unpaired) electrons. The normalized spacial score (nSPS) is 18.8. The molecule has 0 aromatic rings. The van der Waals surface area contributed by atoms with Crippen LogP contribution < -0.4 is 4.72 Å². The van der Waals surface area contributed by atoms with Gasteiger partial charge in [0.15, 0.2) is 0 Å². The standard InChI is InChI=1S/C11H22ClNO2S/c12-9-5-2-6-10-16(14,15)13-11-7-3-1-4-8-11/h11,13H,1-10H2. The molecule has 3 nitrogen and oxygen atoms in total. The van der Waals surface area contributed by atoms with Gasteiger partial charge in [0.05, 0.1) is 5.75 Å². The first kappa shape index (κ1) is 14.3. The lowest BCUT2D eigenvalue weighted by atomic mass is 9.96. The average Bonchev–Trinajstić information content (AvgIpc) is 2.25.